The third kappa shape index (κ3) is 4.93. The summed E-state index contributed by atoms with van der Waals surface area (Å²) in [5.41, 5.74) is 2.43. The fourth-order valence-corrected chi connectivity index (χ4v) is 2.87. The van der Waals surface area contributed by atoms with Crippen LogP contribution in [0.5, 0.6) is 0 Å². The third-order valence-electron chi connectivity index (χ3n) is 4.15. The van der Waals surface area contributed by atoms with E-state index in [-0.39, 0.29) is 24.0 Å². The number of fused-ring (bicyclic) bond motifs is 1. The van der Waals surface area contributed by atoms with Gasteiger partial charge in [-0.1, -0.05) is 17.7 Å². The van der Waals surface area contributed by atoms with E-state index in [4.69, 9.17) is 0 Å². The summed E-state index contributed by atoms with van der Waals surface area (Å²) in [4.78, 5) is 4.27. The van der Waals surface area contributed by atoms with Gasteiger partial charge in [0.05, 0.1) is 6.54 Å². The van der Waals surface area contributed by atoms with E-state index in [0.717, 1.165) is 30.4 Å². The molecule has 0 fully saturated rings. The first-order chi connectivity index (χ1) is 11.4. The van der Waals surface area contributed by atoms with E-state index in [1.165, 1.54) is 25.7 Å². The molecule has 6 nitrogen and oxygen atoms in total. The molecule has 2 aromatic heterocycles. The zero-order chi connectivity index (χ0) is 15.9. The lowest BCUT2D eigenvalue weighted by atomic mass is 9.97. The van der Waals surface area contributed by atoms with Crippen LogP contribution in [0, 0.1) is 0 Å². The number of halogens is 1. The molecule has 2 aromatic rings. The van der Waals surface area contributed by atoms with Crippen LogP contribution in [-0.2, 0) is 6.54 Å². The number of guanidine groups is 1. The lowest BCUT2D eigenvalue weighted by Gasteiger charge is -2.15. The highest BCUT2D eigenvalue weighted by Crippen LogP contribution is 2.19. The first-order valence-corrected chi connectivity index (χ1v) is 8.28. The molecule has 0 aromatic carbocycles. The highest BCUT2D eigenvalue weighted by molar-refractivity contribution is 14.0. The molecular formula is C17H25IN6. The van der Waals surface area contributed by atoms with Crippen molar-refractivity contribution in [1.29, 1.82) is 0 Å². The monoisotopic (exact) mass is 440 g/mol. The fraction of sp³-hybridized carbons (Fsp3) is 0.471. The van der Waals surface area contributed by atoms with Gasteiger partial charge in [0.25, 0.3) is 0 Å². The van der Waals surface area contributed by atoms with Crippen molar-refractivity contribution >= 4 is 35.6 Å². The van der Waals surface area contributed by atoms with E-state index in [9.17, 15) is 0 Å². The van der Waals surface area contributed by atoms with Crippen molar-refractivity contribution < 1.29 is 0 Å². The first kappa shape index (κ1) is 18.7. The van der Waals surface area contributed by atoms with Crippen LogP contribution >= 0.6 is 24.0 Å². The van der Waals surface area contributed by atoms with E-state index in [1.54, 1.807) is 12.6 Å². The van der Waals surface area contributed by atoms with Crippen molar-refractivity contribution in [2.24, 2.45) is 4.99 Å². The van der Waals surface area contributed by atoms with Crippen molar-refractivity contribution in [2.45, 2.75) is 38.6 Å². The largest absolute Gasteiger partial charge is 0.356 e. The maximum atomic E-state index is 4.27. The number of aromatic nitrogens is 3. The van der Waals surface area contributed by atoms with Gasteiger partial charge in [-0.25, -0.2) is 0 Å². The second kappa shape index (κ2) is 9.61. The van der Waals surface area contributed by atoms with Gasteiger partial charge in [-0.2, -0.15) is 0 Å². The average Bonchev–Trinajstić information content (AvgIpc) is 3.02. The Morgan fingerprint density at radius 1 is 1.25 bits per heavy atom. The lowest BCUT2D eigenvalue weighted by molar-refractivity contribution is 0.664. The van der Waals surface area contributed by atoms with E-state index in [0.29, 0.717) is 6.54 Å². The molecule has 0 aliphatic heterocycles. The van der Waals surface area contributed by atoms with Gasteiger partial charge in [0.15, 0.2) is 17.4 Å². The molecule has 0 bridgehead atoms. The molecule has 7 heteroatoms. The molecule has 24 heavy (non-hydrogen) atoms. The molecule has 2 N–H and O–H groups in total. The zero-order valence-corrected chi connectivity index (χ0v) is 16.4. The quantitative estimate of drug-likeness (QED) is 0.325. The Balaban J connectivity index is 0.00000208. The van der Waals surface area contributed by atoms with E-state index in [2.05, 4.69) is 31.9 Å². The summed E-state index contributed by atoms with van der Waals surface area (Å²) >= 11 is 0. The molecule has 0 radical (unpaired) electrons. The van der Waals surface area contributed by atoms with Gasteiger partial charge in [0.1, 0.15) is 0 Å². The first-order valence-electron chi connectivity index (χ1n) is 8.28. The Hall–Kier alpha value is -1.64. The standard InChI is InChI=1S/C17H24N6.HI/c1-18-17(19-11-10-14-7-3-2-4-8-14)20-13-16-22-21-15-9-5-6-12-23(15)16;/h5-7,9,12H,2-4,8,10-11,13H2,1H3,(H2,18,19,20);1H. The van der Waals surface area contributed by atoms with E-state index >= 15 is 0 Å². The van der Waals surface area contributed by atoms with Crippen molar-refractivity contribution in [3.05, 3.63) is 41.9 Å². The van der Waals surface area contributed by atoms with Crippen LogP contribution in [0.15, 0.2) is 41.0 Å². The smallest absolute Gasteiger partial charge is 0.191 e. The summed E-state index contributed by atoms with van der Waals surface area (Å²) in [5, 5.41) is 15.0. The molecule has 0 amide bonds. The zero-order valence-electron chi connectivity index (χ0n) is 14.0. The number of pyridine rings is 1. The SMILES string of the molecule is CN=C(NCCC1=CCCCC1)NCc1nnc2ccccn12.I. The van der Waals surface area contributed by atoms with Gasteiger partial charge in [-0.15, -0.1) is 34.2 Å². The molecule has 0 saturated carbocycles. The van der Waals surface area contributed by atoms with Gasteiger partial charge in [0.2, 0.25) is 0 Å². The fourth-order valence-electron chi connectivity index (χ4n) is 2.87. The minimum absolute atomic E-state index is 0. The molecule has 0 spiro atoms. The van der Waals surface area contributed by atoms with Gasteiger partial charge < -0.3 is 10.6 Å². The Labute approximate surface area is 159 Å². The predicted molar refractivity (Wildman–Crippen MR) is 108 cm³/mol. The van der Waals surface area contributed by atoms with Gasteiger partial charge in [-0.05, 0) is 44.2 Å². The second-order valence-corrected chi connectivity index (χ2v) is 5.76. The topological polar surface area (TPSA) is 66.6 Å². The van der Waals surface area contributed by atoms with Gasteiger partial charge in [0, 0.05) is 19.8 Å². The number of aliphatic imine (C=N–C) groups is 1. The van der Waals surface area contributed by atoms with E-state index < -0.39 is 0 Å². The maximum absolute atomic E-state index is 4.27. The van der Waals surface area contributed by atoms with Crippen LogP contribution in [0.4, 0.5) is 0 Å². The number of hydrogen-bond acceptors (Lipinski definition) is 3. The third-order valence-corrected chi connectivity index (χ3v) is 4.15. The van der Waals surface area contributed by atoms with Crippen molar-refractivity contribution in [3.8, 4) is 0 Å². The van der Waals surface area contributed by atoms with Crippen molar-refractivity contribution in [3.63, 3.8) is 0 Å². The average molecular weight is 440 g/mol. The predicted octanol–water partition coefficient (Wildman–Crippen LogP) is 2.90. The second-order valence-electron chi connectivity index (χ2n) is 5.76. The highest BCUT2D eigenvalue weighted by atomic mass is 127. The van der Waals surface area contributed by atoms with Crippen LogP contribution < -0.4 is 10.6 Å². The van der Waals surface area contributed by atoms with Crippen LogP contribution in [-0.4, -0.2) is 34.2 Å². The number of rotatable bonds is 5. The maximum Gasteiger partial charge on any atom is 0.191 e. The van der Waals surface area contributed by atoms with Crippen molar-refractivity contribution in [2.75, 3.05) is 13.6 Å². The number of nitrogens with one attached hydrogen (secondary N) is 2. The van der Waals surface area contributed by atoms with Gasteiger partial charge >= 0.3 is 0 Å². The molecule has 2 heterocycles. The molecular weight excluding hydrogens is 415 g/mol. The van der Waals surface area contributed by atoms with Crippen molar-refractivity contribution in [1.82, 2.24) is 25.2 Å². The lowest BCUT2D eigenvalue weighted by Crippen LogP contribution is -2.37. The van der Waals surface area contributed by atoms with Crippen LogP contribution in [0.2, 0.25) is 0 Å². The number of allylic oxidation sites excluding steroid dienone is 1. The Morgan fingerprint density at radius 2 is 2.17 bits per heavy atom. The highest BCUT2D eigenvalue weighted by Gasteiger charge is 2.06. The molecule has 3 rings (SSSR count). The normalized spacial score (nSPS) is 14.9. The Morgan fingerprint density at radius 3 is 2.96 bits per heavy atom. The summed E-state index contributed by atoms with van der Waals surface area (Å²) in [6, 6.07) is 5.88. The van der Waals surface area contributed by atoms with Gasteiger partial charge in [-0.3, -0.25) is 9.39 Å². The Kier molecular flexibility index (Phi) is 7.48. The number of hydrogen-bond donors (Lipinski definition) is 2. The molecule has 0 saturated heterocycles. The molecule has 0 atom stereocenters. The number of nitrogens with zero attached hydrogens (tertiary/aromatic N) is 4. The summed E-state index contributed by atoms with van der Waals surface area (Å²) in [5.74, 6) is 1.67. The molecule has 1 aliphatic carbocycles. The summed E-state index contributed by atoms with van der Waals surface area (Å²) in [6.07, 6.45) is 10.6. The minimum Gasteiger partial charge on any atom is -0.356 e. The van der Waals surface area contributed by atoms with Crippen LogP contribution in [0.25, 0.3) is 5.65 Å². The summed E-state index contributed by atoms with van der Waals surface area (Å²) in [6.45, 7) is 1.50. The summed E-state index contributed by atoms with van der Waals surface area (Å²) < 4.78 is 1.98. The molecule has 130 valence electrons. The Bertz CT molecular complexity index is 706. The summed E-state index contributed by atoms with van der Waals surface area (Å²) in [7, 11) is 1.79. The molecule has 1 aliphatic rings. The van der Waals surface area contributed by atoms with Crippen LogP contribution in [0.1, 0.15) is 37.9 Å². The minimum atomic E-state index is 0. The molecule has 0 unspecified atom stereocenters. The van der Waals surface area contributed by atoms with E-state index in [1.807, 2.05) is 28.8 Å². The van der Waals surface area contributed by atoms with Crippen LogP contribution in [0.3, 0.4) is 0 Å².